The summed E-state index contributed by atoms with van der Waals surface area (Å²) in [7, 11) is 1.99. The van der Waals surface area contributed by atoms with Crippen LogP contribution in [0.15, 0.2) is 24.5 Å². The Morgan fingerprint density at radius 3 is 3.07 bits per heavy atom. The van der Waals surface area contributed by atoms with E-state index in [1.54, 1.807) is 6.20 Å². The third-order valence-corrected chi connectivity index (χ3v) is 3.11. The topological polar surface area (TPSA) is 38.0 Å². The molecule has 0 aliphatic heterocycles. The van der Waals surface area contributed by atoms with Crippen LogP contribution in [-0.2, 0) is 13.5 Å². The van der Waals surface area contributed by atoms with Gasteiger partial charge in [-0.1, -0.05) is 12.2 Å². The minimum Gasteiger partial charge on any atom is -0.386 e. The van der Waals surface area contributed by atoms with Gasteiger partial charge in [-0.15, -0.1) is 0 Å². The van der Waals surface area contributed by atoms with Crippen LogP contribution in [0.4, 0.5) is 0 Å². The summed E-state index contributed by atoms with van der Waals surface area (Å²) in [5, 5.41) is 10.2. The first-order chi connectivity index (χ1) is 7.20. The van der Waals surface area contributed by atoms with Crippen molar-refractivity contribution >= 4 is 0 Å². The van der Waals surface area contributed by atoms with Gasteiger partial charge in [0.15, 0.2) is 0 Å². The predicted molar refractivity (Wildman–Crippen MR) is 59.5 cm³/mol. The van der Waals surface area contributed by atoms with Crippen LogP contribution >= 0.6 is 0 Å². The third kappa shape index (κ3) is 2.48. The van der Waals surface area contributed by atoms with Crippen molar-refractivity contribution in [3.63, 3.8) is 0 Å². The molecular formula is C12H18N2O. The summed E-state index contributed by atoms with van der Waals surface area (Å²) in [6, 6.07) is 0. The molecule has 15 heavy (non-hydrogen) atoms. The Hall–Kier alpha value is -1.09. The Morgan fingerprint density at radius 1 is 1.60 bits per heavy atom. The van der Waals surface area contributed by atoms with E-state index >= 15 is 0 Å². The van der Waals surface area contributed by atoms with Crippen LogP contribution in [0, 0.1) is 0 Å². The fraction of sp³-hybridized carbons (Fsp3) is 0.583. The largest absolute Gasteiger partial charge is 0.386 e. The maximum absolute atomic E-state index is 10.2. The van der Waals surface area contributed by atoms with Crippen molar-refractivity contribution in [1.29, 1.82) is 0 Å². The molecule has 1 aromatic heterocycles. The molecule has 3 nitrogen and oxygen atoms in total. The Morgan fingerprint density at radius 2 is 2.47 bits per heavy atom. The van der Waals surface area contributed by atoms with E-state index in [1.165, 1.54) is 0 Å². The summed E-state index contributed by atoms with van der Waals surface area (Å²) in [6.07, 6.45) is 12.5. The SMILES string of the molecule is Cn1ccnc1CCC1(O)C=CCCC1. The second-order valence-electron chi connectivity index (χ2n) is 4.35. The molecule has 0 aromatic carbocycles. The lowest BCUT2D eigenvalue weighted by atomic mass is 9.87. The second-order valence-corrected chi connectivity index (χ2v) is 4.35. The molecule has 1 aliphatic carbocycles. The highest BCUT2D eigenvalue weighted by atomic mass is 16.3. The number of aromatic nitrogens is 2. The van der Waals surface area contributed by atoms with Crippen molar-refractivity contribution in [2.75, 3.05) is 0 Å². The van der Waals surface area contributed by atoms with Crippen molar-refractivity contribution in [2.24, 2.45) is 7.05 Å². The summed E-state index contributed by atoms with van der Waals surface area (Å²) in [6.45, 7) is 0. The molecule has 1 atom stereocenters. The molecule has 0 bridgehead atoms. The molecule has 0 amide bonds. The zero-order valence-electron chi connectivity index (χ0n) is 9.19. The maximum atomic E-state index is 10.2. The molecule has 0 radical (unpaired) electrons. The van der Waals surface area contributed by atoms with Crippen LogP contribution < -0.4 is 0 Å². The van der Waals surface area contributed by atoms with Gasteiger partial charge in [0.2, 0.25) is 0 Å². The molecule has 0 saturated heterocycles. The highest BCUT2D eigenvalue weighted by molar-refractivity contribution is 5.06. The fourth-order valence-electron chi connectivity index (χ4n) is 2.09. The van der Waals surface area contributed by atoms with Crippen molar-refractivity contribution in [3.05, 3.63) is 30.4 Å². The number of aliphatic hydroxyl groups is 1. The van der Waals surface area contributed by atoms with E-state index in [0.717, 1.165) is 37.9 Å². The zero-order valence-corrected chi connectivity index (χ0v) is 9.19. The maximum Gasteiger partial charge on any atom is 0.108 e. The summed E-state index contributed by atoms with van der Waals surface area (Å²) < 4.78 is 2.01. The van der Waals surface area contributed by atoms with Gasteiger partial charge in [-0.2, -0.15) is 0 Å². The third-order valence-electron chi connectivity index (χ3n) is 3.11. The standard InChI is InChI=1S/C12H18N2O/c1-14-10-9-13-11(14)5-8-12(15)6-3-2-4-7-12/h3,6,9-10,15H,2,4-5,7-8H2,1H3. The van der Waals surface area contributed by atoms with Crippen molar-refractivity contribution < 1.29 is 5.11 Å². The quantitative estimate of drug-likeness (QED) is 0.766. The number of hydrogen-bond acceptors (Lipinski definition) is 2. The minimum absolute atomic E-state index is 0.593. The van der Waals surface area contributed by atoms with Gasteiger partial charge in [0.05, 0.1) is 5.60 Å². The molecular weight excluding hydrogens is 188 g/mol. The highest BCUT2D eigenvalue weighted by Gasteiger charge is 2.25. The summed E-state index contributed by atoms with van der Waals surface area (Å²) in [4.78, 5) is 4.26. The number of allylic oxidation sites excluding steroid dienone is 1. The average Bonchev–Trinajstić information content (AvgIpc) is 2.62. The molecule has 0 spiro atoms. The number of nitrogens with zero attached hydrogens (tertiary/aromatic N) is 2. The van der Waals surface area contributed by atoms with Gasteiger partial charge in [0.25, 0.3) is 0 Å². The Kier molecular flexibility index (Phi) is 2.91. The summed E-state index contributed by atoms with van der Waals surface area (Å²) in [5.74, 6) is 1.04. The van der Waals surface area contributed by atoms with E-state index in [2.05, 4.69) is 11.1 Å². The van der Waals surface area contributed by atoms with Gasteiger partial charge in [-0.3, -0.25) is 0 Å². The minimum atomic E-state index is -0.593. The van der Waals surface area contributed by atoms with Crippen molar-refractivity contribution in [2.45, 2.75) is 37.7 Å². The van der Waals surface area contributed by atoms with Gasteiger partial charge in [0.1, 0.15) is 5.82 Å². The average molecular weight is 206 g/mol. The molecule has 1 heterocycles. The molecule has 2 rings (SSSR count). The smallest absolute Gasteiger partial charge is 0.108 e. The van der Waals surface area contributed by atoms with E-state index in [-0.39, 0.29) is 0 Å². The zero-order chi connectivity index (χ0) is 10.7. The molecule has 1 aliphatic rings. The van der Waals surface area contributed by atoms with Gasteiger partial charge in [-0.25, -0.2) is 4.98 Å². The summed E-state index contributed by atoms with van der Waals surface area (Å²) in [5.41, 5.74) is -0.593. The van der Waals surface area contributed by atoms with Crippen LogP contribution in [0.2, 0.25) is 0 Å². The lowest BCUT2D eigenvalue weighted by Gasteiger charge is -2.27. The molecule has 82 valence electrons. The van der Waals surface area contributed by atoms with Crippen LogP contribution in [-0.4, -0.2) is 20.3 Å². The number of hydrogen-bond donors (Lipinski definition) is 1. The highest BCUT2D eigenvalue weighted by Crippen LogP contribution is 2.26. The summed E-state index contributed by atoms with van der Waals surface area (Å²) >= 11 is 0. The van der Waals surface area contributed by atoms with Gasteiger partial charge in [0, 0.05) is 25.9 Å². The predicted octanol–water partition coefficient (Wildman–Crippen LogP) is 1.82. The second kappa shape index (κ2) is 4.19. The van der Waals surface area contributed by atoms with E-state index in [9.17, 15) is 5.11 Å². The molecule has 0 fully saturated rings. The lowest BCUT2D eigenvalue weighted by Crippen LogP contribution is -2.28. The Bertz CT molecular complexity index is 356. The first kappa shape index (κ1) is 10.4. The van der Waals surface area contributed by atoms with E-state index in [1.807, 2.05) is 23.9 Å². The van der Waals surface area contributed by atoms with Gasteiger partial charge < -0.3 is 9.67 Å². The van der Waals surface area contributed by atoms with E-state index < -0.39 is 5.60 Å². The molecule has 1 aromatic rings. The molecule has 1 unspecified atom stereocenters. The van der Waals surface area contributed by atoms with Crippen molar-refractivity contribution in [1.82, 2.24) is 9.55 Å². The van der Waals surface area contributed by atoms with Crippen LogP contribution in [0.3, 0.4) is 0 Å². The lowest BCUT2D eigenvalue weighted by molar-refractivity contribution is 0.0653. The first-order valence-corrected chi connectivity index (χ1v) is 5.56. The van der Waals surface area contributed by atoms with Gasteiger partial charge >= 0.3 is 0 Å². The number of imidazole rings is 1. The van der Waals surface area contributed by atoms with Crippen LogP contribution in [0.1, 0.15) is 31.5 Å². The van der Waals surface area contributed by atoms with Gasteiger partial charge in [-0.05, 0) is 25.7 Å². The van der Waals surface area contributed by atoms with Crippen molar-refractivity contribution in [3.8, 4) is 0 Å². The molecule has 3 heteroatoms. The van der Waals surface area contributed by atoms with E-state index in [0.29, 0.717) is 0 Å². The Balaban J connectivity index is 1.95. The molecule has 1 N–H and O–H groups in total. The van der Waals surface area contributed by atoms with Crippen LogP contribution in [0.25, 0.3) is 0 Å². The number of rotatable bonds is 3. The fourth-order valence-corrected chi connectivity index (χ4v) is 2.09. The monoisotopic (exact) mass is 206 g/mol. The Labute approximate surface area is 90.5 Å². The first-order valence-electron chi connectivity index (χ1n) is 5.56. The van der Waals surface area contributed by atoms with Crippen LogP contribution in [0.5, 0.6) is 0 Å². The van der Waals surface area contributed by atoms with E-state index in [4.69, 9.17) is 0 Å². The number of aryl methyl sites for hydroxylation is 2. The normalized spacial score (nSPS) is 25.7. The molecule has 0 saturated carbocycles.